The van der Waals surface area contributed by atoms with Crippen molar-refractivity contribution < 1.29 is 14.7 Å². The molecule has 17 heavy (non-hydrogen) atoms. The number of ether oxygens (including phenoxy) is 1. The van der Waals surface area contributed by atoms with Crippen LogP contribution >= 0.6 is 11.8 Å². The summed E-state index contributed by atoms with van der Waals surface area (Å²) in [6, 6.07) is 0. The van der Waals surface area contributed by atoms with Gasteiger partial charge in [-0.15, -0.1) is 0 Å². The zero-order chi connectivity index (χ0) is 13.1. The monoisotopic (exact) mass is 262 g/mol. The van der Waals surface area contributed by atoms with Crippen LogP contribution in [0, 0.1) is 0 Å². The molecule has 0 aromatic carbocycles. The Hall–Kier alpha value is -0.750. The van der Waals surface area contributed by atoms with Gasteiger partial charge < -0.3 is 14.8 Å². The van der Waals surface area contributed by atoms with E-state index in [1.807, 2.05) is 0 Å². The first-order valence-corrected chi connectivity index (χ1v) is 7.03. The molecule has 0 radical (unpaired) electrons. The predicted molar refractivity (Wildman–Crippen MR) is 71.0 cm³/mol. The summed E-state index contributed by atoms with van der Waals surface area (Å²) in [5, 5.41) is 11.7. The topological polar surface area (TPSA) is 62.1 Å². The van der Waals surface area contributed by atoms with Crippen molar-refractivity contribution in [2.45, 2.75) is 20.8 Å². The number of oxime groups is 1. The highest BCUT2D eigenvalue weighted by molar-refractivity contribution is 8.00. The van der Waals surface area contributed by atoms with Crippen molar-refractivity contribution in [2.75, 3.05) is 37.7 Å². The molecule has 0 unspecified atom stereocenters. The largest absolute Gasteiger partial charge is 0.461 e. The van der Waals surface area contributed by atoms with Gasteiger partial charge in [0.15, 0.2) is 5.71 Å². The molecule has 0 fully saturated rings. The molecule has 100 valence electrons. The third-order valence-corrected chi connectivity index (χ3v) is 3.27. The maximum absolute atomic E-state index is 11.3. The second-order valence-electron chi connectivity index (χ2n) is 3.35. The lowest BCUT2D eigenvalue weighted by molar-refractivity contribution is -0.135. The Morgan fingerprint density at radius 2 is 2.00 bits per heavy atom. The van der Waals surface area contributed by atoms with E-state index in [1.54, 1.807) is 18.7 Å². The lowest BCUT2D eigenvalue weighted by Crippen LogP contribution is -2.26. The zero-order valence-electron chi connectivity index (χ0n) is 10.8. The highest BCUT2D eigenvalue weighted by atomic mass is 32.2. The maximum Gasteiger partial charge on any atom is 0.356 e. The minimum atomic E-state index is -0.537. The van der Waals surface area contributed by atoms with Gasteiger partial charge in [-0.1, -0.05) is 19.0 Å². The lowest BCUT2D eigenvalue weighted by Gasteiger charge is -2.17. The van der Waals surface area contributed by atoms with Crippen molar-refractivity contribution in [3.63, 3.8) is 0 Å². The molecule has 0 heterocycles. The molecule has 0 aliphatic rings. The number of esters is 1. The van der Waals surface area contributed by atoms with E-state index in [1.165, 1.54) is 0 Å². The minimum Gasteiger partial charge on any atom is -0.461 e. The van der Waals surface area contributed by atoms with Crippen LogP contribution in [-0.2, 0) is 9.53 Å². The van der Waals surface area contributed by atoms with Crippen LogP contribution in [0.2, 0.25) is 0 Å². The molecule has 0 bridgehead atoms. The number of hydrogen-bond donors (Lipinski definition) is 1. The maximum atomic E-state index is 11.3. The summed E-state index contributed by atoms with van der Waals surface area (Å²) in [5.74, 6) is 0.752. The first-order valence-electron chi connectivity index (χ1n) is 5.87. The summed E-state index contributed by atoms with van der Waals surface area (Å²) in [5.41, 5.74) is 0.0800. The van der Waals surface area contributed by atoms with Crippen LogP contribution < -0.4 is 0 Å². The average Bonchev–Trinajstić information content (AvgIpc) is 2.34. The SMILES string of the molecule is CCOC(=O)/C(CSCCN(CC)CC)=N\O. The van der Waals surface area contributed by atoms with Crippen LogP contribution in [0.3, 0.4) is 0 Å². The number of hydrogen-bond acceptors (Lipinski definition) is 6. The third-order valence-electron chi connectivity index (χ3n) is 2.32. The second-order valence-corrected chi connectivity index (χ2v) is 4.45. The van der Waals surface area contributed by atoms with Gasteiger partial charge in [-0.2, -0.15) is 11.8 Å². The van der Waals surface area contributed by atoms with Crippen LogP contribution in [0.5, 0.6) is 0 Å². The van der Waals surface area contributed by atoms with E-state index in [4.69, 9.17) is 9.94 Å². The number of thioether (sulfide) groups is 1. The summed E-state index contributed by atoms with van der Waals surface area (Å²) in [6.45, 7) is 9.27. The van der Waals surface area contributed by atoms with Gasteiger partial charge >= 0.3 is 5.97 Å². The fourth-order valence-electron chi connectivity index (χ4n) is 1.25. The summed E-state index contributed by atoms with van der Waals surface area (Å²) in [6.07, 6.45) is 0. The summed E-state index contributed by atoms with van der Waals surface area (Å²) < 4.78 is 4.76. The minimum absolute atomic E-state index is 0.0800. The molecule has 0 atom stereocenters. The number of carbonyl (C=O) groups excluding carboxylic acids is 1. The first-order chi connectivity index (χ1) is 8.19. The summed E-state index contributed by atoms with van der Waals surface area (Å²) in [4.78, 5) is 13.6. The van der Waals surface area contributed by atoms with Crippen LogP contribution in [-0.4, -0.2) is 59.5 Å². The first kappa shape index (κ1) is 16.2. The van der Waals surface area contributed by atoms with Crippen molar-refractivity contribution in [1.82, 2.24) is 4.90 Å². The third kappa shape index (κ3) is 7.23. The summed E-state index contributed by atoms with van der Waals surface area (Å²) in [7, 11) is 0. The van der Waals surface area contributed by atoms with E-state index < -0.39 is 5.97 Å². The van der Waals surface area contributed by atoms with Crippen molar-refractivity contribution in [3.05, 3.63) is 0 Å². The standard InChI is InChI=1S/C11H22N2O3S/c1-4-13(5-2)7-8-17-9-10(12-15)11(14)16-6-3/h15H,4-9H2,1-3H3/b12-10-. The Morgan fingerprint density at radius 3 is 2.47 bits per heavy atom. The van der Waals surface area contributed by atoms with Crippen molar-refractivity contribution in [2.24, 2.45) is 5.16 Å². The Bertz CT molecular complexity index is 243. The Morgan fingerprint density at radius 1 is 1.35 bits per heavy atom. The fraction of sp³-hybridized carbons (Fsp3) is 0.818. The molecular formula is C11H22N2O3S. The normalized spacial score (nSPS) is 11.9. The van der Waals surface area contributed by atoms with E-state index in [9.17, 15) is 4.79 Å². The zero-order valence-corrected chi connectivity index (χ0v) is 11.6. The molecule has 0 amide bonds. The highest BCUT2D eigenvalue weighted by Gasteiger charge is 2.13. The van der Waals surface area contributed by atoms with Crippen molar-refractivity contribution >= 4 is 23.4 Å². The molecule has 6 heteroatoms. The van der Waals surface area contributed by atoms with E-state index in [0.29, 0.717) is 12.4 Å². The van der Waals surface area contributed by atoms with Crippen LogP contribution in [0.15, 0.2) is 5.16 Å². The van der Waals surface area contributed by atoms with E-state index in [-0.39, 0.29) is 5.71 Å². The van der Waals surface area contributed by atoms with Gasteiger partial charge in [0.05, 0.1) is 6.61 Å². The number of nitrogens with zero attached hydrogens (tertiary/aromatic N) is 2. The molecule has 0 spiro atoms. The molecule has 0 aromatic rings. The molecule has 0 aliphatic carbocycles. The Balaban J connectivity index is 3.82. The molecule has 0 aliphatic heterocycles. The van der Waals surface area contributed by atoms with Gasteiger partial charge in [-0.25, -0.2) is 4.79 Å². The van der Waals surface area contributed by atoms with Gasteiger partial charge in [0.2, 0.25) is 0 Å². The van der Waals surface area contributed by atoms with Crippen LogP contribution in [0.1, 0.15) is 20.8 Å². The van der Waals surface area contributed by atoms with E-state index in [2.05, 4.69) is 23.9 Å². The Kier molecular flexibility index (Phi) is 9.95. The highest BCUT2D eigenvalue weighted by Crippen LogP contribution is 2.03. The molecule has 0 saturated heterocycles. The van der Waals surface area contributed by atoms with Gasteiger partial charge in [0.1, 0.15) is 0 Å². The quantitative estimate of drug-likeness (QED) is 0.224. The average molecular weight is 262 g/mol. The molecule has 1 N–H and O–H groups in total. The molecule has 0 saturated carbocycles. The summed E-state index contributed by atoms with van der Waals surface area (Å²) >= 11 is 1.57. The van der Waals surface area contributed by atoms with Crippen molar-refractivity contribution in [1.29, 1.82) is 0 Å². The smallest absolute Gasteiger partial charge is 0.356 e. The molecule has 0 aromatic heterocycles. The van der Waals surface area contributed by atoms with Crippen LogP contribution in [0.25, 0.3) is 0 Å². The fourth-order valence-corrected chi connectivity index (χ4v) is 2.15. The van der Waals surface area contributed by atoms with Gasteiger partial charge in [-0.3, -0.25) is 0 Å². The molecule has 5 nitrogen and oxygen atoms in total. The molecule has 0 rings (SSSR count). The van der Waals surface area contributed by atoms with Gasteiger partial charge in [0, 0.05) is 18.1 Å². The lowest BCUT2D eigenvalue weighted by atomic mass is 10.4. The van der Waals surface area contributed by atoms with Crippen molar-refractivity contribution in [3.8, 4) is 0 Å². The van der Waals surface area contributed by atoms with Crippen LogP contribution in [0.4, 0.5) is 0 Å². The Labute approximate surface area is 107 Å². The van der Waals surface area contributed by atoms with E-state index >= 15 is 0 Å². The number of carbonyl (C=O) groups is 1. The van der Waals surface area contributed by atoms with Gasteiger partial charge in [-0.05, 0) is 20.0 Å². The predicted octanol–water partition coefficient (Wildman–Crippen LogP) is 1.45. The van der Waals surface area contributed by atoms with Gasteiger partial charge in [0.25, 0.3) is 0 Å². The molecular weight excluding hydrogens is 240 g/mol. The second kappa shape index (κ2) is 10.4. The van der Waals surface area contributed by atoms with E-state index in [0.717, 1.165) is 25.4 Å². The number of rotatable bonds is 9.